The molecule has 21 heavy (non-hydrogen) atoms. The second-order valence-electron chi connectivity index (χ2n) is 5.07. The van der Waals surface area contributed by atoms with Crippen LogP contribution in [0.4, 0.5) is 13.2 Å². The molecule has 1 fully saturated rings. The molecule has 1 aromatic rings. The number of aryl methyl sites for hydroxylation is 1. The lowest BCUT2D eigenvalue weighted by atomic mass is 10.1. The van der Waals surface area contributed by atoms with Crippen molar-refractivity contribution in [1.82, 2.24) is 4.31 Å². The molecule has 0 aromatic heterocycles. The SMILES string of the molecule is Cc1ccc(S(=O)(=O)N2CCC[C@@H]2CO)cc1C(F)(F)F. The Hall–Kier alpha value is -1.12. The molecule has 4 nitrogen and oxygen atoms in total. The van der Waals surface area contributed by atoms with Crippen molar-refractivity contribution in [1.29, 1.82) is 0 Å². The summed E-state index contributed by atoms with van der Waals surface area (Å²) in [7, 11) is -4.03. The van der Waals surface area contributed by atoms with Gasteiger partial charge in [-0.05, 0) is 37.5 Å². The Morgan fingerprint density at radius 2 is 2.05 bits per heavy atom. The van der Waals surface area contributed by atoms with E-state index in [1.54, 1.807) is 0 Å². The monoisotopic (exact) mass is 323 g/mol. The van der Waals surface area contributed by atoms with Crippen LogP contribution in [0, 0.1) is 6.92 Å². The van der Waals surface area contributed by atoms with Crippen molar-refractivity contribution < 1.29 is 26.7 Å². The van der Waals surface area contributed by atoms with E-state index in [1.165, 1.54) is 13.0 Å². The summed E-state index contributed by atoms with van der Waals surface area (Å²) in [6.45, 7) is 1.16. The normalized spacial score (nSPS) is 20.9. The Balaban J connectivity index is 2.46. The Labute approximate surface area is 121 Å². The van der Waals surface area contributed by atoms with Gasteiger partial charge in [-0.15, -0.1) is 0 Å². The molecule has 1 heterocycles. The molecule has 0 bridgehead atoms. The van der Waals surface area contributed by atoms with Crippen LogP contribution in [0.2, 0.25) is 0 Å². The predicted molar refractivity (Wildman–Crippen MR) is 70.2 cm³/mol. The highest BCUT2D eigenvalue weighted by atomic mass is 32.2. The lowest BCUT2D eigenvalue weighted by Crippen LogP contribution is -2.37. The van der Waals surface area contributed by atoms with Crippen LogP contribution in [-0.2, 0) is 16.2 Å². The number of aliphatic hydroxyl groups excluding tert-OH is 1. The van der Waals surface area contributed by atoms with E-state index < -0.39 is 27.8 Å². The minimum absolute atomic E-state index is 0.0263. The number of alkyl halides is 3. The summed E-state index contributed by atoms with van der Waals surface area (Å²) in [5.41, 5.74) is -0.982. The second kappa shape index (κ2) is 5.58. The molecule has 8 heteroatoms. The van der Waals surface area contributed by atoms with Crippen molar-refractivity contribution in [2.45, 2.75) is 36.9 Å². The average Bonchev–Trinajstić information content (AvgIpc) is 2.86. The molecule has 0 saturated carbocycles. The Kier molecular flexibility index (Phi) is 4.32. The topological polar surface area (TPSA) is 57.6 Å². The van der Waals surface area contributed by atoms with Gasteiger partial charge in [0.2, 0.25) is 10.0 Å². The number of nitrogens with zero attached hydrogens (tertiary/aromatic N) is 1. The summed E-state index contributed by atoms with van der Waals surface area (Å²) in [4.78, 5) is -0.388. The Morgan fingerprint density at radius 3 is 2.62 bits per heavy atom. The zero-order valence-corrected chi connectivity index (χ0v) is 12.2. The Bertz CT molecular complexity index is 628. The van der Waals surface area contributed by atoms with Crippen LogP contribution in [0.1, 0.15) is 24.0 Å². The number of halogens is 3. The van der Waals surface area contributed by atoms with Gasteiger partial charge in [0.25, 0.3) is 0 Å². The van der Waals surface area contributed by atoms with Gasteiger partial charge >= 0.3 is 6.18 Å². The second-order valence-corrected chi connectivity index (χ2v) is 6.96. The molecule has 1 aliphatic heterocycles. The van der Waals surface area contributed by atoms with E-state index in [9.17, 15) is 26.7 Å². The van der Waals surface area contributed by atoms with E-state index in [1.807, 2.05) is 0 Å². The number of benzene rings is 1. The van der Waals surface area contributed by atoms with Gasteiger partial charge in [0, 0.05) is 12.6 Å². The largest absolute Gasteiger partial charge is 0.416 e. The smallest absolute Gasteiger partial charge is 0.395 e. The molecule has 1 aliphatic rings. The third kappa shape index (κ3) is 3.07. The van der Waals surface area contributed by atoms with Crippen molar-refractivity contribution >= 4 is 10.0 Å². The molecule has 0 aliphatic carbocycles. The van der Waals surface area contributed by atoms with Crippen molar-refractivity contribution in [3.8, 4) is 0 Å². The molecule has 1 aromatic carbocycles. The van der Waals surface area contributed by atoms with Gasteiger partial charge in [-0.2, -0.15) is 17.5 Å². The quantitative estimate of drug-likeness (QED) is 0.927. The molecule has 0 unspecified atom stereocenters. The average molecular weight is 323 g/mol. The van der Waals surface area contributed by atoms with E-state index in [0.29, 0.717) is 18.9 Å². The zero-order valence-electron chi connectivity index (χ0n) is 11.4. The molecule has 1 atom stereocenters. The van der Waals surface area contributed by atoms with E-state index >= 15 is 0 Å². The van der Waals surface area contributed by atoms with Crippen molar-refractivity contribution in [3.05, 3.63) is 29.3 Å². The number of hydrogen-bond acceptors (Lipinski definition) is 3. The number of sulfonamides is 1. The van der Waals surface area contributed by atoms with Crippen LogP contribution in [0.3, 0.4) is 0 Å². The minimum Gasteiger partial charge on any atom is -0.395 e. The van der Waals surface area contributed by atoms with Crippen LogP contribution in [0.15, 0.2) is 23.1 Å². The molecular weight excluding hydrogens is 307 g/mol. The summed E-state index contributed by atoms with van der Waals surface area (Å²) in [6, 6.07) is 2.43. The van der Waals surface area contributed by atoms with Crippen molar-refractivity contribution in [3.63, 3.8) is 0 Å². The van der Waals surface area contributed by atoms with Crippen LogP contribution in [0.25, 0.3) is 0 Å². The van der Waals surface area contributed by atoms with Gasteiger partial charge in [0.1, 0.15) is 0 Å². The first kappa shape index (κ1) is 16.3. The van der Waals surface area contributed by atoms with Gasteiger partial charge < -0.3 is 5.11 Å². The van der Waals surface area contributed by atoms with Crippen molar-refractivity contribution in [2.24, 2.45) is 0 Å². The molecule has 1 N–H and O–H groups in total. The zero-order chi connectivity index (χ0) is 15.8. The minimum atomic E-state index is -4.60. The summed E-state index contributed by atoms with van der Waals surface area (Å²) in [5.74, 6) is 0. The lowest BCUT2D eigenvalue weighted by Gasteiger charge is -2.23. The summed E-state index contributed by atoms with van der Waals surface area (Å²) >= 11 is 0. The van der Waals surface area contributed by atoms with E-state index in [-0.39, 0.29) is 23.6 Å². The summed E-state index contributed by atoms with van der Waals surface area (Å²) in [6.07, 6.45) is -3.51. The highest BCUT2D eigenvalue weighted by molar-refractivity contribution is 7.89. The maximum absolute atomic E-state index is 12.9. The highest BCUT2D eigenvalue weighted by Crippen LogP contribution is 2.34. The van der Waals surface area contributed by atoms with Gasteiger partial charge in [-0.3, -0.25) is 0 Å². The van der Waals surface area contributed by atoms with E-state index in [4.69, 9.17) is 0 Å². The standard InChI is InChI=1S/C13H16F3NO3S/c1-9-4-5-11(7-12(9)13(14,15)16)21(19,20)17-6-2-3-10(17)8-18/h4-5,7,10,18H,2-3,6,8H2,1H3/t10-/m1/s1. The number of rotatable bonds is 3. The third-order valence-corrected chi connectivity index (χ3v) is 5.60. The molecule has 2 rings (SSSR count). The Morgan fingerprint density at radius 1 is 1.38 bits per heavy atom. The number of hydrogen-bond donors (Lipinski definition) is 1. The summed E-state index contributed by atoms with van der Waals surface area (Å²) in [5, 5.41) is 9.19. The fourth-order valence-corrected chi connectivity index (χ4v) is 4.22. The van der Waals surface area contributed by atoms with Crippen LogP contribution >= 0.6 is 0 Å². The maximum Gasteiger partial charge on any atom is 0.416 e. The van der Waals surface area contributed by atoms with Gasteiger partial charge in [0.15, 0.2) is 0 Å². The first-order chi connectivity index (χ1) is 9.67. The fraction of sp³-hybridized carbons (Fsp3) is 0.538. The lowest BCUT2D eigenvalue weighted by molar-refractivity contribution is -0.138. The van der Waals surface area contributed by atoms with Crippen LogP contribution in [-0.4, -0.2) is 37.0 Å². The van der Waals surface area contributed by atoms with E-state index in [0.717, 1.165) is 10.4 Å². The van der Waals surface area contributed by atoms with Gasteiger partial charge in [-0.1, -0.05) is 6.07 Å². The molecular formula is C13H16F3NO3S. The predicted octanol–water partition coefficient (Wildman–Crippen LogP) is 2.16. The fourth-order valence-electron chi connectivity index (χ4n) is 2.51. The van der Waals surface area contributed by atoms with Gasteiger partial charge in [0.05, 0.1) is 17.1 Å². The summed E-state index contributed by atoms with van der Waals surface area (Å²) < 4.78 is 64.6. The maximum atomic E-state index is 12.9. The molecule has 0 spiro atoms. The highest BCUT2D eigenvalue weighted by Gasteiger charge is 2.37. The van der Waals surface area contributed by atoms with E-state index in [2.05, 4.69) is 0 Å². The molecule has 118 valence electrons. The first-order valence-electron chi connectivity index (χ1n) is 6.48. The number of aliphatic hydroxyl groups is 1. The van der Waals surface area contributed by atoms with Gasteiger partial charge in [-0.25, -0.2) is 8.42 Å². The third-order valence-electron chi connectivity index (χ3n) is 3.65. The first-order valence-corrected chi connectivity index (χ1v) is 7.92. The molecule has 1 saturated heterocycles. The van der Waals surface area contributed by atoms with Crippen LogP contribution in [0.5, 0.6) is 0 Å². The van der Waals surface area contributed by atoms with Crippen molar-refractivity contribution in [2.75, 3.05) is 13.2 Å². The van der Waals surface area contributed by atoms with Crippen LogP contribution < -0.4 is 0 Å². The molecule has 0 radical (unpaired) electrons. The molecule has 0 amide bonds.